The number of nitrogens with zero attached hydrogens (tertiary/aromatic N) is 2. The molecule has 1 unspecified atom stereocenters. The van der Waals surface area contributed by atoms with E-state index >= 15 is 0 Å². The number of carboxylic acid groups (broad SMARTS) is 1. The number of aromatic carboxylic acids is 1. The van der Waals surface area contributed by atoms with Crippen molar-refractivity contribution in [1.82, 2.24) is 9.97 Å². The zero-order valence-corrected chi connectivity index (χ0v) is 7.87. The first-order valence-corrected chi connectivity index (χ1v) is 5.23. The smallest absolute Gasteiger partial charge is 0.341 e. The number of rotatable bonds is 1. The Kier molecular flexibility index (Phi) is 2.16. The lowest BCUT2D eigenvalue weighted by Crippen LogP contribution is -2.09. The van der Waals surface area contributed by atoms with E-state index in [1.54, 1.807) is 0 Å². The van der Waals surface area contributed by atoms with Crippen LogP contribution in [0.25, 0.3) is 0 Å². The van der Waals surface area contributed by atoms with Crippen LogP contribution in [0.2, 0.25) is 0 Å². The Labute approximate surface area is 81.8 Å². The van der Waals surface area contributed by atoms with Gasteiger partial charge < -0.3 is 10.4 Å². The summed E-state index contributed by atoms with van der Waals surface area (Å²) in [6, 6.07) is 0. The molecule has 0 saturated heterocycles. The first kappa shape index (κ1) is 9.07. The standard InChI is InChI=1S/C7H7N3O3S/c11-6(12)4-3-9-7-10-5(4)8-1-2-14(7)13/h3H,1-2H2,(H,11,12)(H,8,9,10). The van der Waals surface area contributed by atoms with Crippen LogP contribution in [0.1, 0.15) is 10.4 Å². The van der Waals surface area contributed by atoms with E-state index in [1.807, 2.05) is 0 Å². The fourth-order valence-corrected chi connectivity index (χ4v) is 1.95. The zero-order chi connectivity index (χ0) is 10.1. The van der Waals surface area contributed by atoms with Crippen LogP contribution in [0.5, 0.6) is 0 Å². The molecule has 2 rings (SSSR count). The van der Waals surface area contributed by atoms with E-state index in [-0.39, 0.29) is 16.5 Å². The largest absolute Gasteiger partial charge is 0.477 e. The van der Waals surface area contributed by atoms with Crippen LogP contribution in [0, 0.1) is 0 Å². The van der Waals surface area contributed by atoms with Gasteiger partial charge in [-0.05, 0) is 0 Å². The van der Waals surface area contributed by atoms with Crippen LogP contribution in [0.4, 0.5) is 5.82 Å². The monoisotopic (exact) mass is 213 g/mol. The average Bonchev–Trinajstić information content (AvgIpc) is 2.28. The van der Waals surface area contributed by atoms with Crippen LogP contribution in [0.15, 0.2) is 11.4 Å². The molecule has 74 valence electrons. The van der Waals surface area contributed by atoms with Crippen LogP contribution < -0.4 is 5.32 Å². The summed E-state index contributed by atoms with van der Waals surface area (Å²) in [4.78, 5) is 18.3. The molecule has 0 aliphatic carbocycles. The van der Waals surface area contributed by atoms with Gasteiger partial charge in [0.1, 0.15) is 11.4 Å². The van der Waals surface area contributed by atoms with Gasteiger partial charge in [-0.25, -0.2) is 14.8 Å². The van der Waals surface area contributed by atoms with Gasteiger partial charge in [0, 0.05) is 18.5 Å². The summed E-state index contributed by atoms with van der Waals surface area (Å²) >= 11 is 0. The Hall–Kier alpha value is -1.50. The van der Waals surface area contributed by atoms with Crippen molar-refractivity contribution in [3.8, 4) is 0 Å². The normalized spacial score (nSPS) is 19.6. The highest BCUT2D eigenvalue weighted by Gasteiger charge is 2.19. The lowest BCUT2D eigenvalue weighted by atomic mass is 10.3. The van der Waals surface area contributed by atoms with Crippen molar-refractivity contribution in [2.24, 2.45) is 0 Å². The first-order valence-electron chi connectivity index (χ1n) is 3.91. The third-order valence-electron chi connectivity index (χ3n) is 1.78. The van der Waals surface area contributed by atoms with Gasteiger partial charge in [0.05, 0.1) is 10.8 Å². The molecule has 0 radical (unpaired) electrons. The highest BCUT2D eigenvalue weighted by atomic mass is 32.2. The second-order valence-corrected chi connectivity index (χ2v) is 4.16. The summed E-state index contributed by atoms with van der Waals surface area (Å²) in [5.41, 5.74) is 0.00708. The van der Waals surface area contributed by atoms with E-state index < -0.39 is 16.8 Å². The fraction of sp³-hybridized carbons (Fsp3) is 0.286. The third kappa shape index (κ3) is 1.46. The molecule has 0 spiro atoms. The molecule has 2 bridgehead atoms. The number of fused-ring (bicyclic) bond motifs is 2. The molecular weight excluding hydrogens is 206 g/mol. The van der Waals surface area contributed by atoms with E-state index in [1.165, 1.54) is 6.20 Å². The number of hydrogen-bond acceptors (Lipinski definition) is 5. The summed E-state index contributed by atoms with van der Waals surface area (Å²) in [6.45, 7) is 0.440. The lowest BCUT2D eigenvalue weighted by molar-refractivity contribution is 0.0697. The van der Waals surface area contributed by atoms with Crippen molar-refractivity contribution < 1.29 is 14.1 Å². The van der Waals surface area contributed by atoms with E-state index in [9.17, 15) is 9.00 Å². The molecule has 14 heavy (non-hydrogen) atoms. The summed E-state index contributed by atoms with van der Waals surface area (Å²) < 4.78 is 11.4. The van der Waals surface area contributed by atoms with Crippen LogP contribution >= 0.6 is 0 Å². The molecule has 2 N–H and O–H groups in total. The first-order chi connectivity index (χ1) is 6.68. The van der Waals surface area contributed by atoms with Gasteiger partial charge in [-0.2, -0.15) is 0 Å². The van der Waals surface area contributed by atoms with E-state index in [0.29, 0.717) is 12.3 Å². The van der Waals surface area contributed by atoms with Crippen LogP contribution in [0.3, 0.4) is 0 Å². The Balaban J connectivity index is 2.54. The van der Waals surface area contributed by atoms with Gasteiger partial charge in [-0.3, -0.25) is 4.21 Å². The minimum Gasteiger partial charge on any atom is -0.477 e. The van der Waals surface area contributed by atoms with Gasteiger partial charge in [0.15, 0.2) is 0 Å². The minimum atomic E-state index is -1.23. The molecule has 0 aromatic carbocycles. The van der Waals surface area contributed by atoms with Crippen molar-refractivity contribution >= 4 is 22.6 Å². The molecule has 0 saturated carbocycles. The molecule has 0 amide bonds. The molecule has 6 nitrogen and oxygen atoms in total. The van der Waals surface area contributed by atoms with E-state index in [0.717, 1.165) is 0 Å². The molecule has 1 aromatic heterocycles. The highest BCUT2D eigenvalue weighted by Crippen LogP contribution is 2.15. The topological polar surface area (TPSA) is 92.2 Å². The Morgan fingerprint density at radius 1 is 1.64 bits per heavy atom. The highest BCUT2D eigenvalue weighted by molar-refractivity contribution is 7.84. The predicted octanol–water partition coefficient (Wildman–Crippen LogP) is -0.292. The number of anilines is 1. The number of carbonyl (C=O) groups is 1. The van der Waals surface area contributed by atoms with Crippen molar-refractivity contribution in [1.29, 1.82) is 0 Å². The number of nitrogens with one attached hydrogen (secondary N) is 1. The molecule has 2 heterocycles. The van der Waals surface area contributed by atoms with Crippen molar-refractivity contribution in [3.63, 3.8) is 0 Å². The molecule has 1 aliphatic heterocycles. The molecule has 1 atom stereocenters. The van der Waals surface area contributed by atoms with Crippen molar-refractivity contribution in [2.45, 2.75) is 5.16 Å². The second-order valence-electron chi connectivity index (χ2n) is 2.70. The van der Waals surface area contributed by atoms with Gasteiger partial charge in [0.2, 0.25) is 5.16 Å². The molecule has 0 fully saturated rings. The zero-order valence-electron chi connectivity index (χ0n) is 7.06. The Morgan fingerprint density at radius 3 is 3.14 bits per heavy atom. The van der Waals surface area contributed by atoms with Gasteiger partial charge in [-0.15, -0.1) is 0 Å². The number of carboxylic acids is 1. The quantitative estimate of drug-likeness (QED) is 0.623. The maximum absolute atomic E-state index is 11.4. The second kappa shape index (κ2) is 3.33. The SMILES string of the molecule is O=C(O)c1cnc2nc1NCCS2=O. The molecular formula is C7H7N3O3S. The predicted molar refractivity (Wildman–Crippen MR) is 48.8 cm³/mol. The average molecular weight is 213 g/mol. The summed E-state index contributed by atoms with van der Waals surface area (Å²) in [6.07, 6.45) is 1.18. The minimum absolute atomic E-state index is 0.00708. The molecule has 1 aliphatic rings. The molecule has 1 aromatic rings. The third-order valence-corrected chi connectivity index (χ3v) is 2.96. The number of aromatic nitrogens is 2. The molecule has 7 heteroatoms. The lowest BCUT2D eigenvalue weighted by Gasteiger charge is -2.02. The van der Waals surface area contributed by atoms with Crippen molar-refractivity contribution in [2.75, 3.05) is 17.6 Å². The Bertz CT molecular complexity index is 421. The summed E-state index contributed by atoms with van der Waals surface area (Å²) in [5.74, 6) is -0.452. The fourth-order valence-electron chi connectivity index (χ4n) is 1.12. The van der Waals surface area contributed by atoms with Gasteiger partial charge in [0.25, 0.3) is 0 Å². The van der Waals surface area contributed by atoms with Gasteiger partial charge in [-0.1, -0.05) is 0 Å². The summed E-state index contributed by atoms with van der Waals surface area (Å²) in [7, 11) is -1.23. The maximum atomic E-state index is 11.4. The van der Waals surface area contributed by atoms with E-state index in [4.69, 9.17) is 5.11 Å². The van der Waals surface area contributed by atoms with Crippen molar-refractivity contribution in [3.05, 3.63) is 11.8 Å². The summed E-state index contributed by atoms with van der Waals surface area (Å²) in [5, 5.41) is 11.8. The van der Waals surface area contributed by atoms with E-state index in [2.05, 4.69) is 15.3 Å². The van der Waals surface area contributed by atoms with Crippen LogP contribution in [-0.2, 0) is 10.8 Å². The maximum Gasteiger partial charge on any atom is 0.341 e. The van der Waals surface area contributed by atoms with Crippen LogP contribution in [-0.4, -0.2) is 37.6 Å². The number of hydrogen-bond donors (Lipinski definition) is 2. The Morgan fingerprint density at radius 2 is 2.43 bits per heavy atom. The van der Waals surface area contributed by atoms with Gasteiger partial charge >= 0.3 is 5.97 Å².